The highest BCUT2D eigenvalue weighted by molar-refractivity contribution is 7.07. The number of carbonyl (C=O) groups is 2. The molecule has 220 valence electrons. The van der Waals surface area contributed by atoms with E-state index in [1.807, 2.05) is 47.3 Å². The molecule has 3 aromatic carbocycles. The summed E-state index contributed by atoms with van der Waals surface area (Å²) in [5, 5.41) is 4.76. The van der Waals surface area contributed by atoms with Gasteiger partial charge in [-0.3, -0.25) is 9.36 Å². The molecule has 4 rings (SSSR count). The predicted octanol–water partition coefficient (Wildman–Crippen LogP) is 7.08. The number of aromatic nitrogens is 1. The van der Waals surface area contributed by atoms with Gasteiger partial charge in [-0.2, -0.15) is 4.99 Å². The van der Waals surface area contributed by atoms with Crippen molar-refractivity contribution in [3.8, 4) is 11.4 Å². The third-order valence-electron chi connectivity index (χ3n) is 6.53. The van der Waals surface area contributed by atoms with Crippen molar-refractivity contribution in [1.82, 2.24) is 9.88 Å². The third-order valence-corrected chi connectivity index (χ3v) is 7.28. The zero-order valence-electron chi connectivity index (χ0n) is 23.6. The molecule has 0 bridgehead atoms. The second-order valence-electron chi connectivity index (χ2n) is 10.3. The van der Waals surface area contributed by atoms with Crippen LogP contribution in [0, 0.1) is 6.92 Å². The van der Waals surface area contributed by atoms with Crippen molar-refractivity contribution in [3.05, 3.63) is 111 Å². The first-order chi connectivity index (χ1) is 20.0. The second-order valence-corrected chi connectivity index (χ2v) is 11.1. The third kappa shape index (κ3) is 8.91. The van der Waals surface area contributed by atoms with E-state index < -0.39 is 12.4 Å². The van der Waals surface area contributed by atoms with Gasteiger partial charge < -0.3 is 10.1 Å². The molecule has 2 amide bonds. The number of amides is 2. The minimum atomic E-state index is -4.75. The van der Waals surface area contributed by atoms with E-state index in [-0.39, 0.29) is 24.4 Å². The second kappa shape index (κ2) is 13.7. The predicted molar refractivity (Wildman–Crippen MR) is 157 cm³/mol. The molecule has 0 fully saturated rings. The van der Waals surface area contributed by atoms with Crippen LogP contribution in [-0.2, 0) is 24.1 Å². The van der Waals surface area contributed by atoms with Crippen LogP contribution in [0.4, 0.5) is 18.0 Å². The van der Waals surface area contributed by atoms with Gasteiger partial charge in [-0.05, 0) is 65.3 Å². The number of Topliss-reactive ketones (excluding diaryl/α,β-unsaturated/α-hetero) is 1. The molecular formula is C32H32F3N3O3S. The van der Waals surface area contributed by atoms with Crippen molar-refractivity contribution in [3.63, 3.8) is 0 Å². The Morgan fingerprint density at radius 1 is 0.952 bits per heavy atom. The normalized spacial score (nSPS) is 12.0. The maximum Gasteiger partial charge on any atom is 0.573 e. The number of ketones is 1. The summed E-state index contributed by atoms with van der Waals surface area (Å²) in [6, 6.07) is 18.7. The molecule has 0 saturated carbocycles. The number of ether oxygens (including phenoxy) is 1. The highest BCUT2D eigenvalue weighted by Crippen LogP contribution is 2.24. The Bertz CT molecular complexity index is 1590. The summed E-state index contributed by atoms with van der Waals surface area (Å²) in [4.78, 5) is 30.0. The number of benzene rings is 3. The summed E-state index contributed by atoms with van der Waals surface area (Å²) in [5.74, 6) is -0.0587. The van der Waals surface area contributed by atoms with Gasteiger partial charge >= 0.3 is 12.4 Å². The van der Waals surface area contributed by atoms with E-state index in [1.165, 1.54) is 41.2 Å². The first-order valence-electron chi connectivity index (χ1n) is 13.5. The minimum absolute atomic E-state index is 0.0573. The number of nitrogens with zero attached hydrogens (tertiary/aromatic N) is 2. The zero-order valence-corrected chi connectivity index (χ0v) is 24.4. The molecule has 42 heavy (non-hydrogen) atoms. The first-order valence-corrected chi connectivity index (χ1v) is 14.4. The molecule has 1 aromatic heterocycles. The lowest BCUT2D eigenvalue weighted by atomic mass is 9.99. The number of hydrogen-bond donors (Lipinski definition) is 1. The monoisotopic (exact) mass is 595 g/mol. The lowest BCUT2D eigenvalue weighted by Crippen LogP contribution is -2.26. The van der Waals surface area contributed by atoms with E-state index in [0.29, 0.717) is 29.2 Å². The molecule has 0 spiro atoms. The molecule has 4 aromatic rings. The summed E-state index contributed by atoms with van der Waals surface area (Å²) in [6.07, 6.45) is -1.92. The number of carbonyl (C=O) groups excluding carboxylic acids is 2. The molecule has 0 aliphatic carbocycles. The average Bonchev–Trinajstić information content (AvgIpc) is 3.37. The van der Waals surface area contributed by atoms with Crippen LogP contribution < -0.4 is 14.9 Å². The number of hydrogen-bond acceptors (Lipinski definition) is 4. The largest absolute Gasteiger partial charge is 0.573 e. The number of aryl methyl sites for hydroxylation is 1. The van der Waals surface area contributed by atoms with E-state index in [1.54, 1.807) is 0 Å². The molecular weight excluding hydrogens is 563 g/mol. The summed E-state index contributed by atoms with van der Waals surface area (Å²) in [6.45, 7) is 6.72. The lowest BCUT2D eigenvalue weighted by Gasteiger charge is -2.14. The molecule has 0 saturated heterocycles. The summed E-state index contributed by atoms with van der Waals surface area (Å²) in [7, 11) is 0. The zero-order chi connectivity index (χ0) is 30.3. The van der Waals surface area contributed by atoms with Crippen LogP contribution in [0.1, 0.15) is 47.6 Å². The summed E-state index contributed by atoms with van der Waals surface area (Å²) in [5.41, 5.74) is 5.77. The smallest absolute Gasteiger partial charge is 0.406 e. The Morgan fingerprint density at radius 2 is 1.57 bits per heavy atom. The Hall–Kier alpha value is -4.18. The van der Waals surface area contributed by atoms with E-state index >= 15 is 0 Å². The topological polar surface area (TPSA) is 72.7 Å². The van der Waals surface area contributed by atoms with Crippen molar-refractivity contribution < 1.29 is 27.5 Å². The van der Waals surface area contributed by atoms with Crippen LogP contribution in [0.3, 0.4) is 0 Å². The highest BCUT2D eigenvalue weighted by Gasteiger charge is 2.31. The Kier molecular flexibility index (Phi) is 10.0. The number of alkyl halides is 3. The molecule has 0 unspecified atom stereocenters. The minimum Gasteiger partial charge on any atom is -0.406 e. The number of thiazole rings is 1. The van der Waals surface area contributed by atoms with Gasteiger partial charge in [-0.25, -0.2) is 4.79 Å². The van der Waals surface area contributed by atoms with Gasteiger partial charge in [-0.1, -0.05) is 62.4 Å². The first kappa shape index (κ1) is 30.8. The van der Waals surface area contributed by atoms with Crippen molar-refractivity contribution in [2.45, 2.75) is 52.3 Å². The van der Waals surface area contributed by atoms with Crippen molar-refractivity contribution >= 4 is 23.2 Å². The molecule has 0 atom stereocenters. The van der Waals surface area contributed by atoms with Gasteiger partial charge in [0.2, 0.25) is 0 Å². The molecule has 1 heterocycles. The fourth-order valence-electron chi connectivity index (χ4n) is 4.48. The van der Waals surface area contributed by atoms with E-state index in [2.05, 4.69) is 47.1 Å². The van der Waals surface area contributed by atoms with Crippen LogP contribution in [0.15, 0.2) is 83.3 Å². The van der Waals surface area contributed by atoms with Crippen LogP contribution in [0.2, 0.25) is 0 Å². The van der Waals surface area contributed by atoms with Gasteiger partial charge in [0.05, 0.1) is 5.69 Å². The summed E-state index contributed by atoms with van der Waals surface area (Å²) >= 11 is 1.40. The van der Waals surface area contributed by atoms with Crippen LogP contribution in [0.5, 0.6) is 5.75 Å². The van der Waals surface area contributed by atoms with Gasteiger partial charge in [0.25, 0.3) is 0 Å². The van der Waals surface area contributed by atoms with Crippen molar-refractivity contribution in [2.75, 3.05) is 6.54 Å². The highest BCUT2D eigenvalue weighted by atomic mass is 32.1. The molecule has 0 radical (unpaired) electrons. The van der Waals surface area contributed by atoms with E-state index in [4.69, 9.17) is 0 Å². The fourth-order valence-corrected chi connectivity index (χ4v) is 5.19. The quantitative estimate of drug-likeness (QED) is 0.213. The van der Waals surface area contributed by atoms with Gasteiger partial charge in [0.1, 0.15) is 11.5 Å². The van der Waals surface area contributed by atoms with Gasteiger partial charge in [0, 0.05) is 31.0 Å². The van der Waals surface area contributed by atoms with Crippen LogP contribution in [0.25, 0.3) is 5.69 Å². The van der Waals surface area contributed by atoms with Gasteiger partial charge in [0.15, 0.2) is 4.80 Å². The maximum atomic E-state index is 12.6. The molecule has 1 N–H and O–H groups in total. The molecule has 6 nitrogen and oxygen atoms in total. The number of urea groups is 1. The Labute approximate surface area is 246 Å². The van der Waals surface area contributed by atoms with Crippen molar-refractivity contribution in [1.29, 1.82) is 0 Å². The number of nitrogens with one attached hydrogen (secondary N) is 1. The lowest BCUT2D eigenvalue weighted by molar-refractivity contribution is -0.274. The standard InChI is InChI=1S/C32H32F3N3O3S/c1-21(2)28-13-4-22(3)18-29(28)38-16-17-42-31(38)37-30(40)36-15-14-23-5-7-24(8-6-23)19-26(39)20-25-9-11-27(12-10-25)41-32(33,34)35/h4-13,16-18,21H,14-15,19-20H2,1-3H3,(H,36,40). The summed E-state index contributed by atoms with van der Waals surface area (Å²) < 4.78 is 42.7. The molecule has 10 heteroatoms. The molecule has 0 aliphatic rings. The Balaban J connectivity index is 1.28. The average molecular weight is 596 g/mol. The Morgan fingerprint density at radius 3 is 2.19 bits per heavy atom. The number of halogens is 3. The van der Waals surface area contributed by atoms with E-state index in [0.717, 1.165) is 22.4 Å². The fraction of sp³-hybridized carbons (Fsp3) is 0.281. The number of rotatable bonds is 10. The SMILES string of the molecule is Cc1ccc(C(C)C)c(-n2ccsc2=NC(=O)NCCc2ccc(CC(=O)Cc3ccc(OC(F)(F)F)cc3)cc2)c1. The van der Waals surface area contributed by atoms with E-state index in [9.17, 15) is 22.8 Å². The van der Waals surface area contributed by atoms with Crippen LogP contribution >= 0.6 is 11.3 Å². The maximum absolute atomic E-state index is 12.6. The van der Waals surface area contributed by atoms with Gasteiger partial charge in [-0.15, -0.1) is 24.5 Å². The van der Waals surface area contributed by atoms with Crippen molar-refractivity contribution in [2.24, 2.45) is 4.99 Å². The van der Waals surface area contributed by atoms with Crippen LogP contribution in [-0.4, -0.2) is 29.3 Å². The molecule has 0 aliphatic heterocycles.